The molecule has 0 unspecified atom stereocenters. The lowest BCUT2D eigenvalue weighted by atomic mass is 10.0. The topological polar surface area (TPSA) is 77.1 Å². The van der Waals surface area contributed by atoms with Crippen molar-refractivity contribution in [3.05, 3.63) is 71.7 Å². The van der Waals surface area contributed by atoms with E-state index in [-0.39, 0.29) is 18.0 Å². The molecule has 0 saturated carbocycles. The second-order valence-electron chi connectivity index (χ2n) is 8.42. The van der Waals surface area contributed by atoms with Gasteiger partial charge in [0.25, 0.3) is 0 Å². The van der Waals surface area contributed by atoms with Gasteiger partial charge < -0.3 is 14.0 Å². The van der Waals surface area contributed by atoms with Crippen molar-refractivity contribution in [2.45, 2.75) is 45.8 Å². The van der Waals surface area contributed by atoms with Gasteiger partial charge in [-0.2, -0.15) is 5.26 Å². The normalized spacial score (nSPS) is 14.9. The van der Waals surface area contributed by atoms with E-state index in [0.717, 1.165) is 35.2 Å². The third-order valence-electron chi connectivity index (χ3n) is 5.73. The van der Waals surface area contributed by atoms with E-state index in [4.69, 9.17) is 9.47 Å². The molecule has 0 saturated heterocycles. The number of pyridine rings is 1. The van der Waals surface area contributed by atoms with Gasteiger partial charge in [-0.05, 0) is 68.5 Å². The molecule has 2 aromatic heterocycles. The fourth-order valence-corrected chi connectivity index (χ4v) is 4.49. The maximum atomic E-state index is 12.3. The maximum Gasteiger partial charge on any atom is 0.306 e. The molecular weight excluding hydrogens is 402 g/mol. The molecule has 6 nitrogen and oxygen atoms in total. The van der Waals surface area contributed by atoms with E-state index in [9.17, 15) is 10.1 Å². The van der Waals surface area contributed by atoms with E-state index in [1.807, 2.05) is 44.2 Å². The Labute approximate surface area is 188 Å². The Morgan fingerprint density at radius 2 is 2.22 bits per heavy atom. The number of rotatable bonds is 8. The first kappa shape index (κ1) is 21.6. The SMILES string of the molecule is C=CCOc1cccnc1Cn1c2c(c3cc(C#N)ccc31)C[C@H](CC(=O)OC(C)C)C2. The second kappa shape index (κ2) is 9.27. The summed E-state index contributed by atoms with van der Waals surface area (Å²) in [7, 11) is 0. The molecule has 0 aliphatic heterocycles. The van der Waals surface area contributed by atoms with E-state index >= 15 is 0 Å². The molecule has 1 aliphatic rings. The van der Waals surface area contributed by atoms with Crippen molar-refractivity contribution in [3.63, 3.8) is 0 Å². The molecular formula is C26H27N3O3. The predicted octanol–water partition coefficient (Wildman–Crippen LogP) is 4.58. The van der Waals surface area contributed by atoms with Gasteiger partial charge in [-0.3, -0.25) is 9.78 Å². The summed E-state index contributed by atoms with van der Waals surface area (Å²) in [6.07, 6.45) is 5.34. The number of aromatic nitrogens is 2. The van der Waals surface area contributed by atoms with Crippen LogP contribution in [0.5, 0.6) is 5.75 Å². The number of esters is 1. The first-order valence-electron chi connectivity index (χ1n) is 10.9. The minimum absolute atomic E-state index is 0.114. The monoisotopic (exact) mass is 429 g/mol. The predicted molar refractivity (Wildman–Crippen MR) is 122 cm³/mol. The first-order valence-corrected chi connectivity index (χ1v) is 10.9. The van der Waals surface area contributed by atoms with Crippen molar-refractivity contribution in [1.29, 1.82) is 5.26 Å². The molecule has 1 aromatic carbocycles. The van der Waals surface area contributed by atoms with Gasteiger partial charge in [-0.1, -0.05) is 12.7 Å². The van der Waals surface area contributed by atoms with Crippen LogP contribution in [0.1, 0.15) is 42.8 Å². The number of carbonyl (C=O) groups excluding carboxylic acids is 1. The summed E-state index contributed by atoms with van der Waals surface area (Å²) in [4.78, 5) is 16.8. The summed E-state index contributed by atoms with van der Waals surface area (Å²) in [5, 5.41) is 10.5. The molecule has 32 heavy (non-hydrogen) atoms. The number of hydrogen-bond donors (Lipinski definition) is 0. The largest absolute Gasteiger partial charge is 0.488 e. The molecule has 1 atom stereocenters. The highest BCUT2D eigenvalue weighted by molar-refractivity contribution is 5.88. The highest BCUT2D eigenvalue weighted by Gasteiger charge is 2.31. The van der Waals surface area contributed by atoms with E-state index in [1.165, 1.54) is 11.3 Å². The number of ether oxygens (including phenoxy) is 2. The van der Waals surface area contributed by atoms with Gasteiger partial charge in [0.2, 0.25) is 0 Å². The molecule has 0 N–H and O–H groups in total. The Kier molecular flexibility index (Phi) is 6.27. The van der Waals surface area contributed by atoms with Gasteiger partial charge in [0, 0.05) is 29.2 Å². The Morgan fingerprint density at radius 1 is 1.38 bits per heavy atom. The average Bonchev–Trinajstić information content (AvgIpc) is 3.29. The third kappa shape index (κ3) is 4.38. The minimum Gasteiger partial charge on any atom is -0.488 e. The molecule has 0 radical (unpaired) electrons. The van der Waals surface area contributed by atoms with Crippen LogP contribution in [0.4, 0.5) is 0 Å². The van der Waals surface area contributed by atoms with Gasteiger partial charge in [0.1, 0.15) is 18.1 Å². The quantitative estimate of drug-likeness (QED) is 0.387. The molecule has 0 fully saturated rings. The van der Waals surface area contributed by atoms with Crippen LogP contribution in [0, 0.1) is 17.2 Å². The van der Waals surface area contributed by atoms with E-state index in [0.29, 0.717) is 25.1 Å². The number of benzene rings is 1. The summed E-state index contributed by atoms with van der Waals surface area (Å²) < 4.78 is 13.4. The van der Waals surface area contributed by atoms with Crippen LogP contribution in [0.25, 0.3) is 10.9 Å². The zero-order valence-electron chi connectivity index (χ0n) is 18.5. The lowest BCUT2D eigenvalue weighted by molar-refractivity contribution is -0.148. The van der Waals surface area contributed by atoms with Crippen LogP contribution in [-0.2, 0) is 28.9 Å². The Hall–Kier alpha value is -3.59. The van der Waals surface area contributed by atoms with Crippen molar-refractivity contribution < 1.29 is 14.3 Å². The third-order valence-corrected chi connectivity index (χ3v) is 5.73. The van der Waals surface area contributed by atoms with Gasteiger partial charge >= 0.3 is 5.97 Å². The highest BCUT2D eigenvalue weighted by Crippen LogP contribution is 2.38. The summed E-state index contributed by atoms with van der Waals surface area (Å²) in [5.41, 5.74) is 4.94. The number of nitriles is 1. The summed E-state index contributed by atoms with van der Waals surface area (Å²) in [6, 6.07) is 11.8. The van der Waals surface area contributed by atoms with Gasteiger partial charge in [-0.25, -0.2) is 0 Å². The standard InChI is InChI=1S/C26H27N3O3/c1-4-10-31-25-6-5-9-28-22(25)16-29-23-8-7-18(15-27)11-20(23)21-12-19(13-24(21)29)14-26(30)32-17(2)3/h4-9,11,17,19H,1,10,12-14,16H2,2-3H3/t19-/m0/s1. The molecule has 0 amide bonds. The Balaban J connectivity index is 1.70. The highest BCUT2D eigenvalue weighted by atomic mass is 16.5. The molecule has 2 heterocycles. The van der Waals surface area contributed by atoms with Crippen molar-refractivity contribution in [2.75, 3.05) is 6.61 Å². The fraction of sp³-hybridized carbons (Fsp3) is 0.346. The van der Waals surface area contributed by atoms with Crippen LogP contribution in [0.2, 0.25) is 0 Å². The van der Waals surface area contributed by atoms with Crippen molar-refractivity contribution in [3.8, 4) is 11.8 Å². The zero-order chi connectivity index (χ0) is 22.7. The van der Waals surface area contributed by atoms with E-state index < -0.39 is 0 Å². The van der Waals surface area contributed by atoms with Gasteiger partial charge in [-0.15, -0.1) is 0 Å². The van der Waals surface area contributed by atoms with Crippen molar-refractivity contribution in [2.24, 2.45) is 5.92 Å². The molecule has 164 valence electrons. The molecule has 0 bridgehead atoms. The molecule has 6 heteroatoms. The Morgan fingerprint density at radius 3 is 2.97 bits per heavy atom. The van der Waals surface area contributed by atoms with Crippen LogP contribution in [0.3, 0.4) is 0 Å². The number of fused-ring (bicyclic) bond motifs is 3. The van der Waals surface area contributed by atoms with Crippen molar-refractivity contribution in [1.82, 2.24) is 9.55 Å². The van der Waals surface area contributed by atoms with Crippen LogP contribution in [0.15, 0.2) is 49.2 Å². The minimum atomic E-state index is -0.159. The van der Waals surface area contributed by atoms with E-state index in [1.54, 1.807) is 12.3 Å². The molecule has 0 spiro atoms. The summed E-state index contributed by atoms with van der Waals surface area (Å²) in [5.74, 6) is 0.758. The van der Waals surface area contributed by atoms with Crippen LogP contribution in [-0.4, -0.2) is 28.2 Å². The molecule has 4 rings (SSSR count). The first-order chi connectivity index (χ1) is 15.5. The fourth-order valence-electron chi connectivity index (χ4n) is 4.49. The molecule has 1 aliphatic carbocycles. The van der Waals surface area contributed by atoms with Crippen LogP contribution >= 0.6 is 0 Å². The number of hydrogen-bond acceptors (Lipinski definition) is 5. The number of carbonyl (C=O) groups is 1. The smallest absolute Gasteiger partial charge is 0.306 e. The summed E-state index contributed by atoms with van der Waals surface area (Å²) >= 11 is 0. The lowest BCUT2D eigenvalue weighted by Crippen LogP contribution is -2.16. The van der Waals surface area contributed by atoms with Crippen LogP contribution < -0.4 is 4.74 Å². The number of nitrogens with zero attached hydrogens (tertiary/aromatic N) is 3. The average molecular weight is 430 g/mol. The second-order valence-corrected chi connectivity index (χ2v) is 8.42. The lowest BCUT2D eigenvalue weighted by Gasteiger charge is -2.15. The molecule has 3 aromatic rings. The van der Waals surface area contributed by atoms with E-state index in [2.05, 4.69) is 22.2 Å². The zero-order valence-corrected chi connectivity index (χ0v) is 18.5. The maximum absolute atomic E-state index is 12.3. The van der Waals surface area contributed by atoms with Gasteiger partial charge in [0.15, 0.2) is 0 Å². The Bertz CT molecular complexity index is 1200. The van der Waals surface area contributed by atoms with Gasteiger partial charge in [0.05, 0.1) is 24.3 Å². The van der Waals surface area contributed by atoms with Crippen molar-refractivity contribution >= 4 is 16.9 Å². The summed E-state index contributed by atoms with van der Waals surface area (Å²) in [6.45, 7) is 8.41.